The zero-order valence-corrected chi connectivity index (χ0v) is 17.8. The normalized spacial score (nSPS) is 14.8. The molecule has 1 saturated heterocycles. The fraction of sp³-hybridized carbons (Fsp3) is 0.500. The number of urea groups is 1. The molecular weight excluding hydrogens is 366 g/mol. The van der Waals surface area contributed by atoms with Crippen molar-refractivity contribution >= 4 is 11.9 Å². The van der Waals surface area contributed by atoms with Gasteiger partial charge in [0.1, 0.15) is 5.82 Å². The van der Waals surface area contributed by atoms with Crippen LogP contribution in [0.4, 0.5) is 4.79 Å². The van der Waals surface area contributed by atoms with Crippen LogP contribution in [-0.4, -0.2) is 57.5 Å². The standard InChI is InChI=1S/C22H31N5O2/c1-17-23-8-9-27(17)16-19-7-5-6-18(14-19)15-24-21(29)26-12-10-25(11-13-26)20(28)22(2,3)4/h5-9,14H,10-13,15-16H2,1-4H3,(H,24,29). The second-order valence-corrected chi connectivity index (χ2v) is 8.61. The highest BCUT2D eigenvalue weighted by atomic mass is 16.2. The number of carbonyl (C=O) groups is 2. The van der Waals surface area contributed by atoms with E-state index < -0.39 is 0 Å². The van der Waals surface area contributed by atoms with Crippen molar-refractivity contribution in [2.75, 3.05) is 26.2 Å². The van der Waals surface area contributed by atoms with Crippen LogP contribution in [0, 0.1) is 12.3 Å². The largest absolute Gasteiger partial charge is 0.339 e. The quantitative estimate of drug-likeness (QED) is 0.862. The van der Waals surface area contributed by atoms with E-state index in [2.05, 4.69) is 27.0 Å². The van der Waals surface area contributed by atoms with Gasteiger partial charge in [0.2, 0.25) is 5.91 Å². The highest BCUT2D eigenvalue weighted by Crippen LogP contribution is 2.18. The summed E-state index contributed by atoms with van der Waals surface area (Å²) in [5.41, 5.74) is 1.85. The number of nitrogens with zero attached hydrogens (tertiary/aromatic N) is 4. The number of nitrogens with one attached hydrogen (secondary N) is 1. The van der Waals surface area contributed by atoms with E-state index in [0.29, 0.717) is 32.7 Å². The molecule has 1 aromatic carbocycles. The summed E-state index contributed by atoms with van der Waals surface area (Å²) in [5, 5.41) is 3.00. The third-order valence-electron chi connectivity index (χ3n) is 5.21. The van der Waals surface area contributed by atoms with Crippen molar-refractivity contribution in [3.63, 3.8) is 0 Å². The predicted octanol–water partition coefficient (Wildman–Crippen LogP) is 2.64. The maximum atomic E-state index is 12.5. The number of amides is 3. The molecule has 29 heavy (non-hydrogen) atoms. The Balaban J connectivity index is 1.49. The van der Waals surface area contributed by atoms with Gasteiger partial charge in [-0.3, -0.25) is 4.79 Å². The van der Waals surface area contributed by atoms with Gasteiger partial charge in [0.05, 0.1) is 0 Å². The molecule has 7 nitrogen and oxygen atoms in total. The number of piperazine rings is 1. The van der Waals surface area contributed by atoms with Gasteiger partial charge in [-0.2, -0.15) is 0 Å². The van der Waals surface area contributed by atoms with Gasteiger partial charge in [0.15, 0.2) is 0 Å². The van der Waals surface area contributed by atoms with Crippen molar-refractivity contribution in [3.05, 3.63) is 53.6 Å². The summed E-state index contributed by atoms with van der Waals surface area (Å²) in [4.78, 5) is 32.8. The first kappa shape index (κ1) is 20.9. The molecular formula is C22H31N5O2. The van der Waals surface area contributed by atoms with Crippen molar-refractivity contribution in [1.82, 2.24) is 24.7 Å². The van der Waals surface area contributed by atoms with E-state index in [0.717, 1.165) is 17.9 Å². The Labute approximate surface area is 172 Å². The van der Waals surface area contributed by atoms with Gasteiger partial charge in [-0.15, -0.1) is 0 Å². The van der Waals surface area contributed by atoms with Gasteiger partial charge in [-0.05, 0) is 18.1 Å². The number of hydrogen-bond acceptors (Lipinski definition) is 3. The molecule has 0 radical (unpaired) electrons. The number of carbonyl (C=O) groups excluding carboxylic acids is 2. The molecule has 156 valence electrons. The molecule has 0 aliphatic carbocycles. The maximum absolute atomic E-state index is 12.5. The molecule has 1 aliphatic rings. The fourth-order valence-electron chi connectivity index (χ4n) is 3.48. The van der Waals surface area contributed by atoms with Gasteiger partial charge < -0.3 is 19.7 Å². The summed E-state index contributed by atoms with van der Waals surface area (Å²) in [6.07, 6.45) is 3.77. The Bertz CT molecular complexity index is 860. The zero-order chi connectivity index (χ0) is 21.0. The van der Waals surface area contributed by atoms with Gasteiger partial charge in [-0.25, -0.2) is 9.78 Å². The Kier molecular flexibility index (Phi) is 6.25. The number of benzene rings is 1. The van der Waals surface area contributed by atoms with E-state index in [9.17, 15) is 9.59 Å². The molecule has 3 amide bonds. The Morgan fingerprint density at radius 3 is 2.34 bits per heavy atom. The van der Waals surface area contributed by atoms with E-state index in [4.69, 9.17) is 0 Å². The van der Waals surface area contributed by atoms with Crippen LogP contribution < -0.4 is 5.32 Å². The van der Waals surface area contributed by atoms with Gasteiger partial charge in [-0.1, -0.05) is 45.0 Å². The van der Waals surface area contributed by atoms with Crippen LogP contribution in [0.5, 0.6) is 0 Å². The van der Waals surface area contributed by atoms with Crippen LogP contribution >= 0.6 is 0 Å². The Hall–Kier alpha value is -2.83. The number of aromatic nitrogens is 2. The summed E-state index contributed by atoms with van der Waals surface area (Å²) in [5.74, 6) is 1.12. The minimum atomic E-state index is -0.384. The van der Waals surface area contributed by atoms with Gasteiger partial charge in [0.25, 0.3) is 0 Å². The van der Waals surface area contributed by atoms with Gasteiger partial charge in [0, 0.05) is 57.1 Å². The summed E-state index contributed by atoms with van der Waals surface area (Å²) in [6, 6.07) is 8.14. The summed E-state index contributed by atoms with van der Waals surface area (Å²) < 4.78 is 2.09. The van der Waals surface area contributed by atoms with Gasteiger partial charge >= 0.3 is 6.03 Å². The molecule has 1 N–H and O–H groups in total. The van der Waals surface area contributed by atoms with Crippen molar-refractivity contribution in [2.45, 2.75) is 40.8 Å². The molecule has 0 spiro atoms. The molecule has 0 atom stereocenters. The molecule has 1 aromatic heterocycles. The van der Waals surface area contributed by atoms with Crippen LogP contribution in [0.3, 0.4) is 0 Å². The molecule has 0 bridgehead atoms. The van der Waals surface area contributed by atoms with E-state index >= 15 is 0 Å². The lowest BCUT2D eigenvalue weighted by atomic mass is 9.94. The maximum Gasteiger partial charge on any atom is 0.317 e. The van der Waals surface area contributed by atoms with Crippen LogP contribution in [0.2, 0.25) is 0 Å². The van der Waals surface area contributed by atoms with Crippen molar-refractivity contribution in [3.8, 4) is 0 Å². The minimum Gasteiger partial charge on any atom is -0.339 e. The molecule has 2 aromatic rings. The highest BCUT2D eigenvalue weighted by molar-refractivity contribution is 5.82. The highest BCUT2D eigenvalue weighted by Gasteiger charge is 2.30. The van der Waals surface area contributed by atoms with E-state index in [1.165, 1.54) is 5.56 Å². The van der Waals surface area contributed by atoms with E-state index in [-0.39, 0.29) is 17.4 Å². The van der Waals surface area contributed by atoms with Crippen molar-refractivity contribution in [1.29, 1.82) is 0 Å². The molecule has 0 unspecified atom stereocenters. The average molecular weight is 398 g/mol. The topological polar surface area (TPSA) is 70.5 Å². The third kappa shape index (κ3) is 5.37. The molecule has 0 saturated carbocycles. The first-order valence-corrected chi connectivity index (χ1v) is 10.1. The van der Waals surface area contributed by atoms with E-state index in [1.54, 1.807) is 11.1 Å². The van der Waals surface area contributed by atoms with Crippen LogP contribution in [0.25, 0.3) is 0 Å². The van der Waals surface area contributed by atoms with Crippen LogP contribution in [0.1, 0.15) is 37.7 Å². The average Bonchev–Trinajstić information content (AvgIpc) is 3.10. The van der Waals surface area contributed by atoms with E-state index in [1.807, 2.05) is 50.9 Å². The molecule has 1 aliphatic heterocycles. The smallest absolute Gasteiger partial charge is 0.317 e. The second-order valence-electron chi connectivity index (χ2n) is 8.61. The lowest BCUT2D eigenvalue weighted by Gasteiger charge is -2.37. The third-order valence-corrected chi connectivity index (χ3v) is 5.21. The zero-order valence-electron chi connectivity index (χ0n) is 17.8. The van der Waals surface area contributed by atoms with Crippen molar-refractivity contribution < 1.29 is 9.59 Å². The number of aryl methyl sites for hydroxylation is 1. The van der Waals surface area contributed by atoms with Crippen molar-refractivity contribution in [2.24, 2.45) is 5.41 Å². The summed E-state index contributed by atoms with van der Waals surface area (Å²) in [6.45, 7) is 11.3. The summed E-state index contributed by atoms with van der Waals surface area (Å²) in [7, 11) is 0. The monoisotopic (exact) mass is 397 g/mol. The molecule has 3 rings (SSSR count). The molecule has 1 fully saturated rings. The molecule has 7 heteroatoms. The van der Waals surface area contributed by atoms with Crippen LogP contribution in [-0.2, 0) is 17.9 Å². The first-order chi connectivity index (χ1) is 13.7. The lowest BCUT2D eigenvalue weighted by Crippen LogP contribution is -2.54. The first-order valence-electron chi connectivity index (χ1n) is 10.1. The predicted molar refractivity (Wildman–Crippen MR) is 112 cm³/mol. The second kappa shape index (κ2) is 8.68. The fourth-order valence-corrected chi connectivity index (χ4v) is 3.48. The lowest BCUT2D eigenvalue weighted by molar-refractivity contribution is -0.140. The number of imidazole rings is 1. The summed E-state index contributed by atoms with van der Waals surface area (Å²) >= 11 is 0. The molecule has 2 heterocycles. The Morgan fingerprint density at radius 1 is 1.07 bits per heavy atom. The minimum absolute atomic E-state index is 0.0799. The SMILES string of the molecule is Cc1nccn1Cc1cccc(CNC(=O)N2CCN(C(=O)C(C)(C)C)CC2)c1. The number of hydrogen-bond donors (Lipinski definition) is 1. The number of rotatable bonds is 4. The Morgan fingerprint density at radius 2 is 1.72 bits per heavy atom. The van der Waals surface area contributed by atoms with Crippen LogP contribution in [0.15, 0.2) is 36.7 Å².